The van der Waals surface area contributed by atoms with Crippen LogP contribution in [0.15, 0.2) is 61.1 Å². The Bertz CT molecular complexity index is 1340. The van der Waals surface area contributed by atoms with Gasteiger partial charge in [0.25, 0.3) is 5.91 Å². The molecule has 0 unspecified atom stereocenters. The lowest BCUT2D eigenvalue weighted by atomic mass is 10.1. The van der Waals surface area contributed by atoms with Gasteiger partial charge in [-0.25, -0.2) is 9.97 Å². The topological polar surface area (TPSA) is 94.0 Å². The average molecular weight is 497 g/mol. The van der Waals surface area contributed by atoms with Crippen molar-refractivity contribution in [3.05, 3.63) is 76.7 Å². The Morgan fingerprint density at radius 1 is 1.06 bits per heavy atom. The number of halogens is 2. The molecule has 1 amide bonds. The van der Waals surface area contributed by atoms with Crippen molar-refractivity contribution in [3.63, 3.8) is 0 Å². The Kier molecular flexibility index (Phi) is 7.00. The fourth-order valence-electron chi connectivity index (χ4n) is 3.19. The molecule has 0 aliphatic carbocycles. The van der Waals surface area contributed by atoms with Crippen molar-refractivity contribution < 1.29 is 9.53 Å². The third kappa shape index (κ3) is 5.13. The minimum absolute atomic E-state index is 0.213. The van der Waals surface area contributed by atoms with Gasteiger partial charge in [0.2, 0.25) is 5.95 Å². The van der Waals surface area contributed by atoms with Crippen molar-refractivity contribution in [3.8, 4) is 17.0 Å². The van der Waals surface area contributed by atoms with E-state index >= 15 is 0 Å². The average Bonchev–Trinajstić information content (AvgIpc) is 3.32. The number of carbonyl (C=O) groups excluding carboxylic acids is 1. The number of amides is 1. The molecule has 4 aromatic rings. The molecule has 2 N–H and O–H groups in total. The van der Waals surface area contributed by atoms with Gasteiger partial charge in [0.05, 0.1) is 46.6 Å². The predicted molar refractivity (Wildman–Crippen MR) is 134 cm³/mol. The number of nitrogens with zero attached hydrogens (tertiary/aromatic N) is 4. The lowest BCUT2D eigenvalue weighted by Crippen LogP contribution is -2.12. The van der Waals surface area contributed by atoms with Crippen LogP contribution in [0, 0.1) is 0 Å². The van der Waals surface area contributed by atoms with E-state index in [0.29, 0.717) is 44.4 Å². The lowest BCUT2D eigenvalue weighted by Gasteiger charge is -2.13. The second kappa shape index (κ2) is 10.1. The molecule has 10 heteroatoms. The molecule has 0 bridgehead atoms. The molecule has 0 aliphatic heterocycles. The van der Waals surface area contributed by atoms with Crippen LogP contribution in [0.1, 0.15) is 30.2 Å². The first-order chi connectivity index (χ1) is 16.4. The minimum atomic E-state index is -0.315. The summed E-state index contributed by atoms with van der Waals surface area (Å²) in [5, 5.41) is 11.1. The van der Waals surface area contributed by atoms with E-state index in [-0.39, 0.29) is 11.9 Å². The highest BCUT2D eigenvalue weighted by molar-refractivity contribution is 6.34. The quantitative estimate of drug-likeness (QED) is 0.314. The highest BCUT2D eigenvalue weighted by Crippen LogP contribution is 2.31. The van der Waals surface area contributed by atoms with Crippen LogP contribution in [0.3, 0.4) is 0 Å². The molecule has 2 aromatic carbocycles. The van der Waals surface area contributed by atoms with Crippen LogP contribution >= 0.6 is 23.2 Å². The van der Waals surface area contributed by atoms with E-state index in [4.69, 9.17) is 27.9 Å². The Labute approximate surface area is 206 Å². The standard InChI is InChI=1S/C24H22Cl2N6O2/c1-14(2)32-13-16(11-28-32)22-18(26)12-27-24(31-22)30-20-9-8-15(10-21(20)34-3)23(33)29-19-7-5-4-6-17(19)25/h4-14H,1-3H3,(H,29,33)(H,27,30,31). The first kappa shape index (κ1) is 23.5. The second-order valence-electron chi connectivity index (χ2n) is 7.67. The van der Waals surface area contributed by atoms with Gasteiger partial charge in [0.1, 0.15) is 5.75 Å². The largest absolute Gasteiger partial charge is 0.495 e. The normalized spacial score (nSPS) is 10.9. The summed E-state index contributed by atoms with van der Waals surface area (Å²) in [7, 11) is 1.52. The van der Waals surface area contributed by atoms with Crippen LogP contribution in [-0.4, -0.2) is 32.8 Å². The van der Waals surface area contributed by atoms with Gasteiger partial charge in [0, 0.05) is 23.4 Å². The fraction of sp³-hybridized carbons (Fsp3) is 0.167. The van der Waals surface area contributed by atoms with Crippen molar-refractivity contribution in [1.82, 2.24) is 19.7 Å². The number of hydrogen-bond acceptors (Lipinski definition) is 6. The van der Waals surface area contributed by atoms with E-state index in [2.05, 4.69) is 25.7 Å². The second-order valence-corrected chi connectivity index (χ2v) is 8.48. The van der Waals surface area contributed by atoms with Gasteiger partial charge >= 0.3 is 0 Å². The number of nitrogens with one attached hydrogen (secondary N) is 2. The summed E-state index contributed by atoms with van der Waals surface area (Å²) in [6.45, 7) is 4.08. The molecule has 34 heavy (non-hydrogen) atoms. The third-order valence-corrected chi connectivity index (χ3v) is 5.59. The van der Waals surface area contributed by atoms with E-state index in [9.17, 15) is 4.79 Å². The molecule has 8 nitrogen and oxygen atoms in total. The molecule has 0 spiro atoms. The van der Waals surface area contributed by atoms with Gasteiger partial charge in [-0.1, -0.05) is 35.3 Å². The zero-order valence-electron chi connectivity index (χ0n) is 18.7. The van der Waals surface area contributed by atoms with E-state index < -0.39 is 0 Å². The van der Waals surface area contributed by atoms with Crippen LogP contribution in [-0.2, 0) is 0 Å². The maximum absolute atomic E-state index is 12.7. The SMILES string of the molecule is COc1cc(C(=O)Nc2ccccc2Cl)ccc1Nc1ncc(Cl)c(-c2cnn(C(C)C)c2)n1. The zero-order valence-corrected chi connectivity index (χ0v) is 20.2. The van der Waals surface area contributed by atoms with Crippen LogP contribution in [0.4, 0.5) is 17.3 Å². The van der Waals surface area contributed by atoms with Gasteiger partial charge < -0.3 is 15.4 Å². The number of carbonyl (C=O) groups is 1. The van der Waals surface area contributed by atoms with Gasteiger partial charge in [-0.2, -0.15) is 5.10 Å². The molecule has 0 atom stereocenters. The molecule has 0 saturated heterocycles. The lowest BCUT2D eigenvalue weighted by molar-refractivity contribution is 0.102. The van der Waals surface area contributed by atoms with Gasteiger partial charge in [0.15, 0.2) is 0 Å². The Balaban J connectivity index is 1.57. The first-order valence-electron chi connectivity index (χ1n) is 10.4. The van der Waals surface area contributed by atoms with Crippen molar-refractivity contribution >= 4 is 46.4 Å². The Hall–Kier alpha value is -3.62. The van der Waals surface area contributed by atoms with Crippen LogP contribution in [0.5, 0.6) is 5.75 Å². The Morgan fingerprint density at radius 2 is 1.85 bits per heavy atom. The smallest absolute Gasteiger partial charge is 0.255 e. The molecule has 2 heterocycles. The molecule has 0 saturated carbocycles. The van der Waals surface area contributed by atoms with Crippen LogP contribution in [0.2, 0.25) is 10.0 Å². The number of methoxy groups -OCH3 is 1. The predicted octanol–water partition coefficient (Wildman–Crippen LogP) is 6.23. The zero-order chi connectivity index (χ0) is 24.2. The maximum atomic E-state index is 12.7. The summed E-state index contributed by atoms with van der Waals surface area (Å²) < 4.78 is 7.32. The number of para-hydroxylation sites is 1. The summed E-state index contributed by atoms with van der Waals surface area (Å²) >= 11 is 12.5. The highest BCUT2D eigenvalue weighted by atomic mass is 35.5. The van der Waals surface area contributed by atoms with E-state index in [1.807, 2.05) is 24.7 Å². The third-order valence-electron chi connectivity index (χ3n) is 4.98. The number of ether oxygens (including phenoxy) is 1. The molecule has 2 aromatic heterocycles. The molecule has 0 radical (unpaired) electrons. The van der Waals surface area contributed by atoms with Crippen molar-refractivity contribution in [1.29, 1.82) is 0 Å². The summed E-state index contributed by atoms with van der Waals surface area (Å²) in [5.74, 6) is 0.452. The van der Waals surface area contributed by atoms with E-state index in [1.165, 1.54) is 13.3 Å². The van der Waals surface area contributed by atoms with Gasteiger partial charge in [-0.05, 0) is 44.2 Å². The summed E-state index contributed by atoms with van der Waals surface area (Å²) in [6, 6.07) is 12.2. The highest BCUT2D eigenvalue weighted by Gasteiger charge is 2.15. The Morgan fingerprint density at radius 3 is 2.56 bits per heavy atom. The maximum Gasteiger partial charge on any atom is 0.255 e. The molecular formula is C24H22Cl2N6O2. The number of anilines is 3. The molecule has 174 valence electrons. The molecule has 4 rings (SSSR count). The van der Waals surface area contributed by atoms with Gasteiger partial charge in [-0.3, -0.25) is 9.48 Å². The number of hydrogen-bond donors (Lipinski definition) is 2. The summed E-state index contributed by atoms with van der Waals surface area (Å²) in [6.07, 6.45) is 5.12. The van der Waals surface area contributed by atoms with Crippen molar-refractivity contribution in [2.45, 2.75) is 19.9 Å². The first-order valence-corrected chi connectivity index (χ1v) is 11.2. The van der Waals surface area contributed by atoms with Crippen LogP contribution in [0.25, 0.3) is 11.3 Å². The van der Waals surface area contributed by atoms with Gasteiger partial charge in [-0.15, -0.1) is 0 Å². The van der Waals surface area contributed by atoms with E-state index in [1.54, 1.807) is 48.7 Å². The van der Waals surface area contributed by atoms with Crippen molar-refractivity contribution in [2.75, 3.05) is 17.7 Å². The molecular weight excluding hydrogens is 475 g/mol. The summed E-state index contributed by atoms with van der Waals surface area (Å²) in [4.78, 5) is 21.5. The summed E-state index contributed by atoms with van der Waals surface area (Å²) in [5.41, 5.74) is 2.85. The van der Waals surface area contributed by atoms with E-state index in [0.717, 1.165) is 5.56 Å². The number of rotatable bonds is 7. The van der Waals surface area contributed by atoms with Crippen LogP contribution < -0.4 is 15.4 Å². The number of aromatic nitrogens is 4. The monoisotopic (exact) mass is 496 g/mol. The number of benzene rings is 2. The minimum Gasteiger partial charge on any atom is -0.495 e. The molecule has 0 fully saturated rings. The fourth-order valence-corrected chi connectivity index (χ4v) is 3.57. The molecule has 0 aliphatic rings. The van der Waals surface area contributed by atoms with Crippen molar-refractivity contribution in [2.24, 2.45) is 0 Å².